The Balaban J connectivity index is 1.48. The second-order valence-electron chi connectivity index (χ2n) is 9.98. The lowest BCUT2D eigenvalue weighted by atomic mass is 9.92. The highest BCUT2D eigenvalue weighted by molar-refractivity contribution is 6.08. The van der Waals surface area contributed by atoms with E-state index in [0.29, 0.717) is 17.5 Å². The summed E-state index contributed by atoms with van der Waals surface area (Å²) in [6.45, 7) is 10.9. The number of rotatable bonds is 4. The normalized spacial score (nSPS) is 12.1. The van der Waals surface area contributed by atoms with Gasteiger partial charge in [-0.1, -0.05) is 45.9 Å². The van der Waals surface area contributed by atoms with E-state index in [4.69, 9.17) is 13.8 Å². The van der Waals surface area contributed by atoms with Crippen LogP contribution in [0.3, 0.4) is 0 Å². The van der Waals surface area contributed by atoms with Gasteiger partial charge in [0.05, 0.1) is 5.69 Å². The van der Waals surface area contributed by atoms with E-state index >= 15 is 0 Å². The van der Waals surface area contributed by atoms with Crippen molar-refractivity contribution in [3.05, 3.63) is 83.6 Å². The van der Waals surface area contributed by atoms with Crippen molar-refractivity contribution in [3.63, 3.8) is 0 Å². The molecule has 0 aliphatic rings. The maximum atomic E-state index is 6.27. The van der Waals surface area contributed by atoms with E-state index in [1.165, 1.54) is 11.1 Å². The summed E-state index contributed by atoms with van der Waals surface area (Å²) in [7, 11) is 0. The number of benzene rings is 2. The topological polar surface area (TPSA) is 52.1 Å². The second-order valence-corrected chi connectivity index (χ2v) is 9.98. The molecule has 0 unspecified atom stereocenters. The van der Waals surface area contributed by atoms with Gasteiger partial charge >= 0.3 is 0 Å². The minimum atomic E-state index is 0.448. The van der Waals surface area contributed by atoms with Crippen molar-refractivity contribution in [2.24, 2.45) is 0 Å². The summed E-state index contributed by atoms with van der Waals surface area (Å²) >= 11 is 0. The van der Waals surface area contributed by atoms with Crippen molar-refractivity contribution in [2.75, 3.05) is 0 Å². The van der Waals surface area contributed by atoms with Gasteiger partial charge in [0, 0.05) is 33.7 Å². The van der Waals surface area contributed by atoms with E-state index in [1.807, 2.05) is 43.3 Å². The number of furan rings is 2. The number of nitrogens with zero attached hydrogens (tertiary/aromatic N) is 2. The van der Waals surface area contributed by atoms with Gasteiger partial charge in [0.15, 0.2) is 5.58 Å². The number of aromatic nitrogens is 2. The highest BCUT2D eigenvalue weighted by Crippen LogP contribution is 2.37. The van der Waals surface area contributed by atoms with Crippen LogP contribution in [0.1, 0.15) is 56.4 Å². The molecule has 0 saturated heterocycles. The molecule has 0 bridgehead atoms. The minimum Gasteiger partial charge on any atom is -0.454 e. The van der Waals surface area contributed by atoms with Gasteiger partial charge in [0.25, 0.3) is 0 Å². The third-order valence-corrected chi connectivity index (χ3v) is 6.75. The standard InChI is InChI=1S/C31H28N2O2/c1-17(2)20-13-21(18(3)4)15-22(14-20)29-16-27-28(34-29)12-11-26(33-27)25-8-6-7-23-24-10-9-19(5)32-31(24)35-30(23)25/h6-18H,1-5H3. The SMILES string of the molecule is Cc1ccc2c(n1)oc1c(-c3ccc4oc(-c5cc(C(C)C)cc(C(C)C)c5)cc4n3)cccc12. The predicted molar refractivity (Wildman–Crippen MR) is 143 cm³/mol. The summed E-state index contributed by atoms with van der Waals surface area (Å²) in [6.07, 6.45) is 0. The van der Waals surface area contributed by atoms with Gasteiger partial charge in [-0.15, -0.1) is 0 Å². The van der Waals surface area contributed by atoms with Gasteiger partial charge in [-0.05, 0) is 72.4 Å². The Hall–Kier alpha value is -3.92. The van der Waals surface area contributed by atoms with Crippen LogP contribution in [0, 0.1) is 6.92 Å². The van der Waals surface area contributed by atoms with E-state index in [1.54, 1.807) is 0 Å². The molecule has 0 spiro atoms. The summed E-state index contributed by atoms with van der Waals surface area (Å²) in [6, 6.07) is 23.1. The molecule has 0 aliphatic heterocycles. The van der Waals surface area contributed by atoms with Crippen molar-refractivity contribution in [3.8, 4) is 22.6 Å². The number of aryl methyl sites for hydroxylation is 1. The van der Waals surface area contributed by atoms with E-state index in [9.17, 15) is 0 Å². The molecule has 35 heavy (non-hydrogen) atoms. The van der Waals surface area contributed by atoms with Crippen molar-refractivity contribution in [1.29, 1.82) is 0 Å². The number of hydrogen-bond acceptors (Lipinski definition) is 4. The van der Waals surface area contributed by atoms with Gasteiger partial charge in [0.2, 0.25) is 5.71 Å². The van der Waals surface area contributed by atoms with Gasteiger partial charge in [-0.3, -0.25) is 0 Å². The van der Waals surface area contributed by atoms with Gasteiger partial charge in [-0.25, -0.2) is 9.97 Å². The molecular formula is C31H28N2O2. The maximum absolute atomic E-state index is 6.27. The Morgan fingerprint density at radius 3 is 2.23 bits per heavy atom. The molecule has 0 saturated carbocycles. The first-order chi connectivity index (χ1) is 16.9. The van der Waals surface area contributed by atoms with Crippen molar-refractivity contribution in [2.45, 2.75) is 46.5 Å². The lowest BCUT2D eigenvalue weighted by molar-refractivity contribution is 0.630. The zero-order valence-corrected chi connectivity index (χ0v) is 20.7. The van der Waals surface area contributed by atoms with Gasteiger partial charge < -0.3 is 8.83 Å². The molecule has 4 heterocycles. The fourth-order valence-electron chi connectivity index (χ4n) is 4.67. The van der Waals surface area contributed by atoms with Crippen molar-refractivity contribution < 1.29 is 8.83 Å². The molecule has 6 rings (SSSR count). The third-order valence-electron chi connectivity index (χ3n) is 6.75. The van der Waals surface area contributed by atoms with Crippen molar-refractivity contribution >= 4 is 33.2 Å². The molecule has 2 aromatic carbocycles. The first-order valence-corrected chi connectivity index (χ1v) is 12.2. The molecule has 4 heteroatoms. The molecule has 0 amide bonds. The molecule has 0 fully saturated rings. The van der Waals surface area contributed by atoms with Crippen LogP contribution in [0.15, 0.2) is 75.6 Å². The molecule has 0 N–H and O–H groups in total. The molecule has 0 radical (unpaired) electrons. The highest BCUT2D eigenvalue weighted by Gasteiger charge is 2.16. The zero-order chi connectivity index (χ0) is 24.3. The summed E-state index contributed by atoms with van der Waals surface area (Å²) in [4.78, 5) is 9.54. The minimum absolute atomic E-state index is 0.448. The van der Waals surface area contributed by atoms with E-state index in [2.05, 4.69) is 63.0 Å². The average molecular weight is 461 g/mol. The van der Waals surface area contributed by atoms with Gasteiger partial charge in [-0.2, -0.15) is 0 Å². The van der Waals surface area contributed by atoms with Crippen LogP contribution in [-0.4, -0.2) is 9.97 Å². The van der Waals surface area contributed by atoms with Crippen LogP contribution in [0.5, 0.6) is 0 Å². The number of para-hydroxylation sites is 1. The van der Waals surface area contributed by atoms with Crippen LogP contribution in [0.4, 0.5) is 0 Å². The Bertz CT molecular complexity index is 1690. The van der Waals surface area contributed by atoms with Crippen LogP contribution >= 0.6 is 0 Å². The monoisotopic (exact) mass is 460 g/mol. The Morgan fingerprint density at radius 1 is 0.714 bits per heavy atom. The number of hydrogen-bond donors (Lipinski definition) is 0. The van der Waals surface area contributed by atoms with E-state index in [-0.39, 0.29) is 0 Å². The maximum Gasteiger partial charge on any atom is 0.227 e. The first-order valence-electron chi connectivity index (χ1n) is 12.2. The predicted octanol–water partition coefficient (Wildman–Crippen LogP) is 9.01. The smallest absolute Gasteiger partial charge is 0.227 e. The zero-order valence-electron chi connectivity index (χ0n) is 20.7. The Morgan fingerprint density at radius 2 is 1.49 bits per heavy atom. The molecule has 4 aromatic heterocycles. The average Bonchev–Trinajstić information content (AvgIpc) is 3.44. The molecule has 6 aromatic rings. The first kappa shape index (κ1) is 21.6. The van der Waals surface area contributed by atoms with Crippen LogP contribution < -0.4 is 0 Å². The van der Waals surface area contributed by atoms with E-state index in [0.717, 1.165) is 55.7 Å². The number of fused-ring (bicyclic) bond motifs is 4. The number of pyridine rings is 2. The third kappa shape index (κ3) is 3.70. The van der Waals surface area contributed by atoms with Crippen LogP contribution in [0.25, 0.3) is 55.7 Å². The molecule has 4 nitrogen and oxygen atoms in total. The van der Waals surface area contributed by atoms with E-state index < -0.39 is 0 Å². The fourth-order valence-corrected chi connectivity index (χ4v) is 4.67. The summed E-state index contributed by atoms with van der Waals surface area (Å²) in [5.41, 5.74) is 9.55. The highest BCUT2D eigenvalue weighted by atomic mass is 16.3. The lowest BCUT2D eigenvalue weighted by Crippen LogP contribution is -1.94. The van der Waals surface area contributed by atoms with Crippen molar-refractivity contribution in [1.82, 2.24) is 9.97 Å². The summed E-state index contributed by atoms with van der Waals surface area (Å²) in [5, 5.41) is 2.07. The quantitative estimate of drug-likeness (QED) is 0.263. The van der Waals surface area contributed by atoms with Crippen LogP contribution in [-0.2, 0) is 0 Å². The summed E-state index contributed by atoms with van der Waals surface area (Å²) < 4.78 is 12.5. The molecule has 0 atom stereocenters. The molecule has 174 valence electrons. The van der Waals surface area contributed by atoms with Gasteiger partial charge in [0.1, 0.15) is 16.9 Å². The molecule has 0 aliphatic carbocycles. The fraction of sp³-hybridized carbons (Fsp3) is 0.226. The van der Waals surface area contributed by atoms with Crippen LogP contribution in [0.2, 0.25) is 0 Å². The largest absolute Gasteiger partial charge is 0.454 e. The summed E-state index contributed by atoms with van der Waals surface area (Å²) in [5.74, 6) is 1.74. The second kappa shape index (κ2) is 8.09. The molecular weight excluding hydrogens is 432 g/mol. The Labute approximate surface area is 204 Å². The Kier molecular flexibility index (Phi) is 4.99. The lowest BCUT2D eigenvalue weighted by Gasteiger charge is -2.13.